The number of hydrogen-bond acceptors (Lipinski definition) is 5. The lowest BCUT2D eigenvalue weighted by Crippen LogP contribution is -2.46. The molecule has 0 saturated carbocycles. The molecule has 3 rings (SSSR count). The van der Waals surface area contributed by atoms with Crippen LogP contribution in [-0.4, -0.2) is 41.0 Å². The molecule has 0 aliphatic carbocycles. The van der Waals surface area contributed by atoms with E-state index in [1.807, 2.05) is 36.7 Å². The number of anilines is 2. The summed E-state index contributed by atoms with van der Waals surface area (Å²) in [4.78, 5) is 13.3. The Morgan fingerprint density at radius 3 is 2.50 bits per heavy atom. The molecule has 2 aromatic rings. The van der Waals surface area contributed by atoms with Gasteiger partial charge in [0.15, 0.2) is 0 Å². The van der Waals surface area contributed by atoms with Gasteiger partial charge in [0.1, 0.15) is 11.6 Å². The van der Waals surface area contributed by atoms with Gasteiger partial charge in [-0.15, -0.1) is 0 Å². The Kier molecular flexibility index (Phi) is 3.78. The SMILES string of the molecule is Nc1ccc(CN2CCN(c3ccccn3)CC2)cn1. The zero-order chi connectivity index (χ0) is 13.8. The van der Waals surface area contributed by atoms with E-state index in [4.69, 9.17) is 5.73 Å². The lowest BCUT2D eigenvalue weighted by atomic mass is 10.2. The Balaban J connectivity index is 1.55. The van der Waals surface area contributed by atoms with Crippen molar-refractivity contribution >= 4 is 11.6 Å². The Hall–Kier alpha value is -2.14. The molecule has 5 heteroatoms. The molecule has 0 radical (unpaired) electrons. The maximum absolute atomic E-state index is 5.60. The third-order valence-electron chi connectivity index (χ3n) is 3.60. The first-order valence-corrected chi connectivity index (χ1v) is 6.90. The van der Waals surface area contributed by atoms with Crippen LogP contribution in [0.5, 0.6) is 0 Å². The molecule has 1 saturated heterocycles. The first-order chi connectivity index (χ1) is 9.81. The fraction of sp³-hybridized carbons (Fsp3) is 0.333. The minimum Gasteiger partial charge on any atom is -0.384 e. The molecule has 104 valence electrons. The van der Waals surface area contributed by atoms with Crippen molar-refractivity contribution in [2.24, 2.45) is 0 Å². The lowest BCUT2D eigenvalue weighted by molar-refractivity contribution is 0.249. The first kappa shape index (κ1) is 12.9. The third-order valence-corrected chi connectivity index (χ3v) is 3.60. The van der Waals surface area contributed by atoms with E-state index in [0.717, 1.165) is 38.5 Å². The van der Waals surface area contributed by atoms with E-state index in [1.165, 1.54) is 5.56 Å². The molecule has 0 unspecified atom stereocenters. The summed E-state index contributed by atoms with van der Waals surface area (Å²) in [5.74, 6) is 1.65. The van der Waals surface area contributed by atoms with Gasteiger partial charge in [-0.1, -0.05) is 12.1 Å². The largest absolute Gasteiger partial charge is 0.384 e. The van der Waals surface area contributed by atoms with Gasteiger partial charge < -0.3 is 10.6 Å². The third kappa shape index (κ3) is 3.05. The number of nitrogen functional groups attached to an aromatic ring is 1. The number of rotatable bonds is 3. The molecule has 0 aromatic carbocycles. The summed E-state index contributed by atoms with van der Waals surface area (Å²) in [7, 11) is 0. The molecule has 0 bridgehead atoms. The van der Waals surface area contributed by atoms with Crippen molar-refractivity contribution in [1.82, 2.24) is 14.9 Å². The van der Waals surface area contributed by atoms with Crippen molar-refractivity contribution in [1.29, 1.82) is 0 Å². The Bertz CT molecular complexity index is 532. The predicted octanol–water partition coefficient (Wildman–Crippen LogP) is 1.38. The van der Waals surface area contributed by atoms with E-state index >= 15 is 0 Å². The van der Waals surface area contributed by atoms with Crippen LogP contribution in [0.15, 0.2) is 42.7 Å². The van der Waals surface area contributed by atoms with E-state index < -0.39 is 0 Å². The molecular weight excluding hydrogens is 250 g/mol. The Morgan fingerprint density at radius 1 is 1.00 bits per heavy atom. The molecular formula is C15H19N5. The number of nitrogens with zero attached hydrogens (tertiary/aromatic N) is 4. The van der Waals surface area contributed by atoms with Gasteiger partial charge in [-0.2, -0.15) is 0 Å². The zero-order valence-corrected chi connectivity index (χ0v) is 11.4. The molecule has 5 nitrogen and oxygen atoms in total. The first-order valence-electron chi connectivity index (χ1n) is 6.90. The van der Waals surface area contributed by atoms with Crippen LogP contribution in [0.1, 0.15) is 5.56 Å². The van der Waals surface area contributed by atoms with Crippen molar-refractivity contribution < 1.29 is 0 Å². The van der Waals surface area contributed by atoms with E-state index in [0.29, 0.717) is 5.82 Å². The standard InChI is InChI=1S/C15H19N5/c16-14-5-4-13(11-18-14)12-19-7-9-20(10-8-19)15-3-1-2-6-17-15/h1-6,11H,7-10,12H2,(H2,16,18). The van der Waals surface area contributed by atoms with Crippen molar-refractivity contribution in [2.45, 2.75) is 6.54 Å². The van der Waals surface area contributed by atoms with Gasteiger partial charge in [0.25, 0.3) is 0 Å². The zero-order valence-electron chi connectivity index (χ0n) is 11.4. The highest BCUT2D eigenvalue weighted by atomic mass is 15.3. The van der Waals surface area contributed by atoms with Crippen LogP contribution < -0.4 is 10.6 Å². The molecule has 2 N–H and O–H groups in total. The van der Waals surface area contributed by atoms with Crippen LogP contribution >= 0.6 is 0 Å². The monoisotopic (exact) mass is 269 g/mol. The van der Waals surface area contributed by atoms with Gasteiger partial charge in [-0.3, -0.25) is 4.90 Å². The molecule has 1 fully saturated rings. The maximum Gasteiger partial charge on any atom is 0.128 e. The Labute approximate surface area is 119 Å². The van der Waals surface area contributed by atoms with Crippen LogP contribution in [-0.2, 0) is 6.54 Å². The van der Waals surface area contributed by atoms with Crippen LogP contribution in [0.25, 0.3) is 0 Å². The molecule has 3 heterocycles. The second kappa shape index (κ2) is 5.88. The highest BCUT2D eigenvalue weighted by molar-refractivity contribution is 5.38. The summed E-state index contributed by atoms with van der Waals surface area (Å²) in [5, 5.41) is 0. The fourth-order valence-corrected chi connectivity index (χ4v) is 2.46. The quantitative estimate of drug-likeness (QED) is 0.912. The average molecular weight is 269 g/mol. The van der Waals surface area contributed by atoms with Crippen molar-refractivity contribution in [3.8, 4) is 0 Å². The minimum absolute atomic E-state index is 0.578. The van der Waals surface area contributed by atoms with Crippen molar-refractivity contribution in [3.05, 3.63) is 48.3 Å². The highest BCUT2D eigenvalue weighted by Gasteiger charge is 2.17. The highest BCUT2D eigenvalue weighted by Crippen LogP contribution is 2.14. The van der Waals surface area contributed by atoms with Gasteiger partial charge in [0, 0.05) is 45.1 Å². The number of nitrogens with two attached hydrogens (primary N) is 1. The molecule has 20 heavy (non-hydrogen) atoms. The van der Waals surface area contributed by atoms with Crippen LogP contribution in [0, 0.1) is 0 Å². The molecule has 1 aliphatic rings. The van der Waals surface area contributed by atoms with Gasteiger partial charge in [0.2, 0.25) is 0 Å². The summed E-state index contributed by atoms with van der Waals surface area (Å²) < 4.78 is 0. The molecule has 1 aliphatic heterocycles. The summed E-state index contributed by atoms with van der Waals surface area (Å²) in [6.07, 6.45) is 3.71. The lowest BCUT2D eigenvalue weighted by Gasteiger charge is -2.35. The van der Waals surface area contributed by atoms with Gasteiger partial charge in [-0.05, 0) is 23.8 Å². The van der Waals surface area contributed by atoms with Crippen LogP contribution in [0.2, 0.25) is 0 Å². The molecule has 0 amide bonds. The van der Waals surface area contributed by atoms with E-state index in [2.05, 4.69) is 25.8 Å². The topological polar surface area (TPSA) is 58.3 Å². The molecule has 0 spiro atoms. The number of hydrogen-bond donors (Lipinski definition) is 1. The summed E-state index contributed by atoms with van der Waals surface area (Å²) in [6.45, 7) is 5.05. The summed E-state index contributed by atoms with van der Waals surface area (Å²) >= 11 is 0. The van der Waals surface area contributed by atoms with Gasteiger partial charge >= 0.3 is 0 Å². The molecule has 0 atom stereocenters. The van der Waals surface area contributed by atoms with Crippen molar-refractivity contribution in [3.63, 3.8) is 0 Å². The normalized spacial score (nSPS) is 16.3. The maximum atomic E-state index is 5.60. The second-order valence-electron chi connectivity index (χ2n) is 5.04. The summed E-state index contributed by atoms with van der Waals surface area (Å²) in [5.41, 5.74) is 6.82. The second-order valence-corrected chi connectivity index (χ2v) is 5.04. The smallest absolute Gasteiger partial charge is 0.128 e. The predicted molar refractivity (Wildman–Crippen MR) is 80.4 cm³/mol. The number of pyridine rings is 2. The van der Waals surface area contributed by atoms with Gasteiger partial charge in [-0.25, -0.2) is 9.97 Å². The van der Waals surface area contributed by atoms with E-state index in [9.17, 15) is 0 Å². The van der Waals surface area contributed by atoms with E-state index in [1.54, 1.807) is 0 Å². The van der Waals surface area contributed by atoms with Crippen molar-refractivity contribution in [2.75, 3.05) is 36.8 Å². The number of aromatic nitrogens is 2. The molecule has 2 aromatic heterocycles. The number of piperazine rings is 1. The fourth-order valence-electron chi connectivity index (χ4n) is 2.46. The van der Waals surface area contributed by atoms with E-state index in [-0.39, 0.29) is 0 Å². The summed E-state index contributed by atoms with van der Waals surface area (Å²) in [6, 6.07) is 9.97. The Morgan fingerprint density at radius 2 is 1.85 bits per heavy atom. The minimum atomic E-state index is 0.578. The van der Waals surface area contributed by atoms with Gasteiger partial charge in [0.05, 0.1) is 0 Å². The average Bonchev–Trinajstić information content (AvgIpc) is 2.51. The van der Waals surface area contributed by atoms with Crippen LogP contribution in [0.3, 0.4) is 0 Å². The van der Waals surface area contributed by atoms with Crippen LogP contribution in [0.4, 0.5) is 11.6 Å².